The van der Waals surface area contributed by atoms with Crippen molar-refractivity contribution in [1.82, 2.24) is 4.90 Å². The predicted molar refractivity (Wildman–Crippen MR) is 76.1 cm³/mol. The number of nitrogens with zero attached hydrogens (tertiary/aromatic N) is 1. The Labute approximate surface area is 114 Å². The van der Waals surface area contributed by atoms with E-state index in [2.05, 4.69) is 23.6 Å². The molecule has 0 aromatic carbocycles. The van der Waals surface area contributed by atoms with Gasteiger partial charge in [0.15, 0.2) is 0 Å². The molecule has 4 heteroatoms. The summed E-state index contributed by atoms with van der Waals surface area (Å²) in [5.74, 6) is 1.98. The zero-order valence-corrected chi connectivity index (χ0v) is 12.2. The van der Waals surface area contributed by atoms with E-state index < -0.39 is 11.4 Å². The normalized spacial score (nSPS) is 29.1. The van der Waals surface area contributed by atoms with Crippen LogP contribution in [0, 0.1) is 5.41 Å². The lowest BCUT2D eigenvalue weighted by Gasteiger charge is -2.43. The maximum Gasteiger partial charge on any atom is 0.309 e. The number of likely N-dealkylation sites (tertiary alicyclic amines) is 1. The first kappa shape index (κ1) is 14.2. The Hall–Kier alpha value is -0.220. The third-order valence-corrected chi connectivity index (χ3v) is 5.79. The van der Waals surface area contributed by atoms with Crippen molar-refractivity contribution >= 4 is 17.7 Å². The topological polar surface area (TPSA) is 40.5 Å². The summed E-state index contributed by atoms with van der Waals surface area (Å²) < 4.78 is 0. The molecular weight excluding hydrogens is 246 g/mol. The Balaban J connectivity index is 1.91. The molecule has 2 rings (SSSR count). The molecule has 104 valence electrons. The Bertz CT molecular complexity index is 282. The number of carboxylic acid groups (broad SMARTS) is 1. The highest BCUT2D eigenvalue weighted by molar-refractivity contribution is 7.99. The van der Waals surface area contributed by atoms with E-state index in [-0.39, 0.29) is 0 Å². The van der Waals surface area contributed by atoms with E-state index in [0.717, 1.165) is 38.8 Å². The first-order valence-electron chi connectivity index (χ1n) is 7.23. The van der Waals surface area contributed by atoms with Gasteiger partial charge in [-0.25, -0.2) is 0 Å². The molecule has 0 saturated carbocycles. The highest BCUT2D eigenvalue weighted by Gasteiger charge is 2.41. The molecular formula is C14H25NO2S. The zero-order chi connectivity index (χ0) is 13.0. The number of carboxylic acids is 1. The predicted octanol–water partition coefficient (Wildman–Crippen LogP) is 2.85. The average Bonchev–Trinajstić information content (AvgIpc) is 2.41. The smallest absolute Gasteiger partial charge is 0.309 e. The van der Waals surface area contributed by atoms with Gasteiger partial charge in [-0.1, -0.05) is 13.3 Å². The minimum Gasteiger partial charge on any atom is -0.481 e. The van der Waals surface area contributed by atoms with Crippen LogP contribution in [0.1, 0.15) is 45.4 Å². The van der Waals surface area contributed by atoms with Crippen molar-refractivity contribution in [2.45, 2.75) is 51.5 Å². The molecule has 1 unspecified atom stereocenters. The minimum atomic E-state index is -0.568. The second kappa shape index (κ2) is 6.29. The van der Waals surface area contributed by atoms with E-state index in [1.807, 2.05) is 0 Å². The van der Waals surface area contributed by atoms with Gasteiger partial charge in [0.1, 0.15) is 0 Å². The third-order valence-electron chi connectivity index (χ3n) is 4.59. The molecule has 0 radical (unpaired) electrons. The minimum absolute atomic E-state index is 0.424. The third kappa shape index (κ3) is 3.02. The second-order valence-electron chi connectivity index (χ2n) is 5.74. The molecule has 0 aliphatic carbocycles. The van der Waals surface area contributed by atoms with Crippen LogP contribution in [0.2, 0.25) is 0 Å². The van der Waals surface area contributed by atoms with Crippen molar-refractivity contribution in [2.75, 3.05) is 24.6 Å². The summed E-state index contributed by atoms with van der Waals surface area (Å²) in [5, 5.41) is 9.49. The van der Waals surface area contributed by atoms with Gasteiger partial charge in [-0.05, 0) is 50.9 Å². The number of rotatable bonds is 4. The largest absolute Gasteiger partial charge is 0.481 e. The summed E-state index contributed by atoms with van der Waals surface area (Å²) in [4.78, 5) is 14.1. The SMILES string of the molecule is CCCC1(C(=O)O)CCN(C2CCCSC2)CC1. The summed E-state index contributed by atoms with van der Waals surface area (Å²) in [7, 11) is 0. The molecule has 3 nitrogen and oxygen atoms in total. The van der Waals surface area contributed by atoms with Gasteiger partial charge in [0.05, 0.1) is 5.41 Å². The van der Waals surface area contributed by atoms with Crippen molar-refractivity contribution in [1.29, 1.82) is 0 Å². The van der Waals surface area contributed by atoms with Crippen LogP contribution in [0.25, 0.3) is 0 Å². The maximum atomic E-state index is 11.5. The molecule has 1 N–H and O–H groups in total. The van der Waals surface area contributed by atoms with Gasteiger partial charge in [-0.15, -0.1) is 0 Å². The lowest BCUT2D eigenvalue weighted by Crippen LogP contribution is -2.49. The van der Waals surface area contributed by atoms with Crippen molar-refractivity contribution in [2.24, 2.45) is 5.41 Å². The number of carbonyl (C=O) groups is 1. The van der Waals surface area contributed by atoms with Crippen LogP contribution in [-0.2, 0) is 4.79 Å². The number of aliphatic carboxylic acids is 1. The van der Waals surface area contributed by atoms with Crippen molar-refractivity contribution in [3.05, 3.63) is 0 Å². The number of piperidine rings is 1. The molecule has 2 aliphatic rings. The van der Waals surface area contributed by atoms with Crippen molar-refractivity contribution in [3.8, 4) is 0 Å². The zero-order valence-electron chi connectivity index (χ0n) is 11.4. The fourth-order valence-corrected chi connectivity index (χ4v) is 4.57. The molecule has 2 fully saturated rings. The molecule has 0 bridgehead atoms. The Morgan fingerprint density at radius 3 is 2.67 bits per heavy atom. The van der Waals surface area contributed by atoms with Gasteiger partial charge in [0.2, 0.25) is 0 Å². The maximum absolute atomic E-state index is 11.5. The second-order valence-corrected chi connectivity index (χ2v) is 6.89. The molecule has 0 amide bonds. The van der Waals surface area contributed by atoms with E-state index in [0.29, 0.717) is 6.04 Å². The lowest BCUT2D eigenvalue weighted by molar-refractivity contribution is -0.153. The molecule has 2 aliphatic heterocycles. The first-order valence-corrected chi connectivity index (χ1v) is 8.38. The molecule has 0 aromatic heterocycles. The highest BCUT2D eigenvalue weighted by atomic mass is 32.2. The van der Waals surface area contributed by atoms with Crippen LogP contribution in [0.4, 0.5) is 0 Å². The Morgan fingerprint density at radius 1 is 1.44 bits per heavy atom. The molecule has 0 spiro atoms. The van der Waals surface area contributed by atoms with Gasteiger partial charge in [0.25, 0.3) is 0 Å². The van der Waals surface area contributed by atoms with Gasteiger partial charge < -0.3 is 5.11 Å². The standard InChI is InChI=1S/C14H25NO2S/c1-2-5-14(13(16)17)6-8-15(9-7-14)12-4-3-10-18-11-12/h12H,2-11H2,1H3,(H,16,17). The number of hydrogen-bond donors (Lipinski definition) is 1. The Morgan fingerprint density at radius 2 is 2.17 bits per heavy atom. The number of thioether (sulfide) groups is 1. The highest BCUT2D eigenvalue weighted by Crippen LogP contribution is 2.38. The monoisotopic (exact) mass is 271 g/mol. The van der Waals surface area contributed by atoms with Crippen LogP contribution < -0.4 is 0 Å². The molecule has 2 heterocycles. The number of hydrogen-bond acceptors (Lipinski definition) is 3. The summed E-state index contributed by atoms with van der Waals surface area (Å²) in [6, 6.07) is 0.706. The van der Waals surface area contributed by atoms with Gasteiger partial charge in [0, 0.05) is 11.8 Å². The molecule has 2 saturated heterocycles. The lowest BCUT2D eigenvalue weighted by atomic mass is 9.74. The van der Waals surface area contributed by atoms with Gasteiger partial charge in [-0.2, -0.15) is 11.8 Å². The van der Waals surface area contributed by atoms with E-state index >= 15 is 0 Å². The quantitative estimate of drug-likeness (QED) is 0.853. The van der Waals surface area contributed by atoms with E-state index in [1.54, 1.807) is 0 Å². The fraction of sp³-hybridized carbons (Fsp3) is 0.929. The Kier molecular flexibility index (Phi) is 4.96. The van der Waals surface area contributed by atoms with Crippen LogP contribution in [0.15, 0.2) is 0 Å². The van der Waals surface area contributed by atoms with Crippen LogP contribution >= 0.6 is 11.8 Å². The van der Waals surface area contributed by atoms with Gasteiger partial charge in [-0.3, -0.25) is 9.69 Å². The molecule has 1 atom stereocenters. The van der Waals surface area contributed by atoms with Crippen molar-refractivity contribution < 1.29 is 9.90 Å². The summed E-state index contributed by atoms with van der Waals surface area (Å²) in [5.41, 5.74) is -0.424. The van der Waals surface area contributed by atoms with Gasteiger partial charge >= 0.3 is 5.97 Å². The summed E-state index contributed by atoms with van der Waals surface area (Å²) in [6.45, 7) is 4.06. The van der Waals surface area contributed by atoms with Crippen LogP contribution in [0.5, 0.6) is 0 Å². The van der Waals surface area contributed by atoms with E-state index in [9.17, 15) is 9.90 Å². The summed E-state index contributed by atoms with van der Waals surface area (Å²) in [6.07, 6.45) is 6.14. The molecule has 18 heavy (non-hydrogen) atoms. The fourth-order valence-electron chi connectivity index (χ4n) is 3.38. The first-order chi connectivity index (χ1) is 8.68. The summed E-state index contributed by atoms with van der Waals surface area (Å²) >= 11 is 2.06. The van der Waals surface area contributed by atoms with Crippen LogP contribution in [-0.4, -0.2) is 46.6 Å². The molecule has 0 aromatic rings. The van der Waals surface area contributed by atoms with E-state index in [4.69, 9.17) is 0 Å². The van der Waals surface area contributed by atoms with E-state index in [1.165, 1.54) is 24.3 Å². The van der Waals surface area contributed by atoms with Crippen molar-refractivity contribution in [3.63, 3.8) is 0 Å². The van der Waals surface area contributed by atoms with Crippen LogP contribution in [0.3, 0.4) is 0 Å². The average molecular weight is 271 g/mol.